The van der Waals surface area contributed by atoms with Crippen molar-refractivity contribution in [1.82, 2.24) is 10.3 Å². The molecule has 104 valence electrons. The third kappa shape index (κ3) is 4.19. The first-order valence-electron chi connectivity index (χ1n) is 6.86. The molecule has 0 unspecified atom stereocenters. The fraction of sp³-hybridized carbons (Fsp3) is 0.500. The number of carbonyl (C=O) groups is 1. The fourth-order valence-corrected chi connectivity index (χ4v) is 2.03. The summed E-state index contributed by atoms with van der Waals surface area (Å²) < 4.78 is 0. The van der Waals surface area contributed by atoms with Crippen LogP contribution in [0.2, 0.25) is 0 Å². The van der Waals surface area contributed by atoms with Crippen LogP contribution < -0.4 is 5.32 Å². The summed E-state index contributed by atoms with van der Waals surface area (Å²) >= 11 is 0. The number of pyridine rings is 1. The number of amides is 1. The van der Waals surface area contributed by atoms with Crippen molar-refractivity contribution in [1.29, 1.82) is 0 Å². The summed E-state index contributed by atoms with van der Waals surface area (Å²) in [7, 11) is 0. The average molecular weight is 260 g/mol. The predicted octanol–water partition coefficient (Wildman–Crippen LogP) is 3.56. The van der Waals surface area contributed by atoms with Crippen LogP contribution in [-0.2, 0) is 4.79 Å². The lowest BCUT2D eigenvalue weighted by atomic mass is 9.97. The minimum Gasteiger partial charge on any atom is -0.344 e. The molecular weight excluding hydrogens is 236 g/mol. The van der Waals surface area contributed by atoms with E-state index in [4.69, 9.17) is 0 Å². The minimum absolute atomic E-state index is 0.00870. The zero-order chi connectivity index (χ0) is 14.4. The third-order valence-electron chi connectivity index (χ3n) is 3.17. The number of aromatic nitrogens is 1. The van der Waals surface area contributed by atoms with Crippen molar-refractivity contribution < 1.29 is 4.79 Å². The highest BCUT2D eigenvalue weighted by atomic mass is 16.1. The van der Waals surface area contributed by atoms with E-state index < -0.39 is 0 Å². The van der Waals surface area contributed by atoms with Gasteiger partial charge in [-0.2, -0.15) is 0 Å². The molecule has 1 heterocycles. The lowest BCUT2D eigenvalue weighted by Gasteiger charge is -2.23. The Morgan fingerprint density at radius 2 is 2.16 bits per heavy atom. The standard InChI is InChI=1S/C16H24N2O/c1-6-8-13(5)16(19)18-14(11(2)3)15-12(4)9-7-10-17-15/h7-11,14H,6H2,1-5H3,(H,18,19)/b13-8-/t14-/m1/s1. The van der Waals surface area contributed by atoms with Crippen molar-refractivity contribution in [3.63, 3.8) is 0 Å². The van der Waals surface area contributed by atoms with E-state index in [0.717, 1.165) is 23.3 Å². The molecule has 1 aromatic heterocycles. The van der Waals surface area contributed by atoms with Crippen molar-refractivity contribution in [2.75, 3.05) is 0 Å². The maximum atomic E-state index is 12.1. The molecule has 0 fully saturated rings. The number of allylic oxidation sites excluding steroid dienone is 1. The Bertz CT molecular complexity index is 464. The first kappa shape index (κ1) is 15.4. The molecule has 1 aromatic rings. The highest BCUT2D eigenvalue weighted by Gasteiger charge is 2.21. The zero-order valence-corrected chi connectivity index (χ0v) is 12.5. The topological polar surface area (TPSA) is 42.0 Å². The van der Waals surface area contributed by atoms with Crippen LogP contribution >= 0.6 is 0 Å². The van der Waals surface area contributed by atoms with Crippen molar-refractivity contribution in [3.8, 4) is 0 Å². The Balaban J connectivity index is 2.95. The minimum atomic E-state index is -0.0473. The number of nitrogens with one attached hydrogen (secondary N) is 1. The molecule has 0 saturated carbocycles. The van der Waals surface area contributed by atoms with E-state index in [9.17, 15) is 4.79 Å². The Labute approximate surface area is 116 Å². The van der Waals surface area contributed by atoms with Crippen LogP contribution in [0, 0.1) is 12.8 Å². The van der Waals surface area contributed by atoms with Gasteiger partial charge in [0.1, 0.15) is 0 Å². The molecule has 0 spiro atoms. The molecule has 0 radical (unpaired) electrons. The summed E-state index contributed by atoms with van der Waals surface area (Å²) in [6.07, 6.45) is 4.59. The van der Waals surface area contributed by atoms with Crippen molar-refractivity contribution in [3.05, 3.63) is 41.2 Å². The second-order valence-corrected chi connectivity index (χ2v) is 5.20. The first-order chi connectivity index (χ1) is 8.97. The van der Waals surface area contributed by atoms with Gasteiger partial charge in [-0.15, -0.1) is 0 Å². The molecule has 0 aromatic carbocycles. The molecule has 1 amide bonds. The summed E-state index contributed by atoms with van der Waals surface area (Å²) in [5.74, 6) is 0.289. The summed E-state index contributed by atoms with van der Waals surface area (Å²) in [5, 5.41) is 3.09. The van der Waals surface area contributed by atoms with Crippen molar-refractivity contribution in [2.24, 2.45) is 5.92 Å². The summed E-state index contributed by atoms with van der Waals surface area (Å²) in [4.78, 5) is 16.5. The second kappa shape index (κ2) is 7.07. The maximum Gasteiger partial charge on any atom is 0.247 e. The van der Waals surface area contributed by atoms with Gasteiger partial charge in [-0.25, -0.2) is 0 Å². The highest BCUT2D eigenvalue weighted by Crippen LogP contribution is 2.22. The lowest BCUT2D eigenvalue weighted by Crippen LogP contribution is -2.33. The van der Waals surface area contributed by atoms with E-state index in [1.807, 2.05) is 39.0 Å². The van der Waals surface area contributed by atoms with E-state index in [-0.39, 0.29) is 11.9 Å². The van der Waals surface area contributed by atoms with Crippen LogP contribution in [0.5, 0.6) is 0 Å². The van der Waals surface area contributed by atoms with E-state index in [2.05, 4.69) is 24.1 Å². The van der Waals surface area contributed by atoms with Crippen molar-refractivity contribution in [2.45, 2.75) is 47.1 Å². The molecule has 1 atom stereocenters. The van der Waals surface area contributed by atoms with Gasteiger partial charge in [-0.05, 0) is 37.8 Å². The highest BCUT2D eigenvalue weighted by molar-refractivity contribution is 5.93. The predicted molar refractivity (Wildman–Crippen MR) is 78.7 cm³/mol. The summed E-state index contributed by atoms with van der Waals surface area (Å²) in [5.41, 5.74) is 2.83. The molecule has 3 heteroatoms. The normalized spacial score (nSPS) is 13.5. The van der Waals surface area contributed by atoms with Gasteiger partial charge in [0.2, 0.25) is 5.91 Å². The third-order valence-corrected chi connectivity index (χ3v) is 3.17. The van der Waals surface area contributed by atoms with Gasteiger partial charge < -0.3 is 5.32 Å². The van der Waals surface area contributed by atoms with E-state index in [1.54, 1.807) is 6.20 Å². The number of hydrogen-bond donors (Lipinski definition) is 1. The van der Waals surface area contributed by atoms with Crippen LogP contribution in [0.4, 0.5) is 0 Å². The molecular formula is C16H24N2O. The van der Waals surface area contributed by atoms with Gasteiger partial charge in [-0.3, -0.25) is 9.78 Å². The van der Waals surface area contributed by atoms with Gasteiger partial charge in [0, 0.05) is 11.8 Å². The van der Waals surface area contributed by atoms with Crippen LogP contribution in [0.1, 0.15) is 51.4 Å². The number of carbonyl (C=O) groups excluding carboxylic acids is 1. The fourth-order valence-electron chi connectivity index (χ4n) is 2.03. The Hall–Kier alpha value is -1.64. The first-order valence-corrected chi connectivity index (χ1v) is 6.86. The number of aryl methyl sites for hydroxylation is 1. The number of hydrogen-bond acceptors (Lipinski definition) is 2. The van der Waals surface area contributed by atoms with Crippen molar-refractivity contribution >= 4 is 5.91 Å². The van der Waals surface area contributed by atoms with E-state index in [1.165, 1.54) is 0 Å². The molecule has 0 bridgehead atoms. The maximum absolute atomic E-state index is 12.1. The largest absolute Gasteiger partial charge is 0.344 e. The van der Waals surface area contributed by atoms with Crippen LogP contribution in [-0.4, -0.2) is 10.9 Å². The van der Waals surface area contributed by atoms with Gasteiger partial charge >= 0.3 is 0 Å². The Morgan fingerprint density at radius 3 is 2.68 bits per heavy atom. The summed E-state index contributed by atoms with van der Waals surface area (Å²) in [6.45, 7) is 10.1. The van der Waals surface area contributed by atoms with Crippen LogP contribution in [0.15, 0.2) is 30.0 Å². The molecule has 0 aliphatic rings. The van der Waals surface area contributed by atoms with Crippen LogP contribution in [0.25, 0.3) is 0 Å². The molecule has 0 aliphatic carbocycles. The van der Waals surface area contributed by atoms with E-state index in [0.29, 0.717) is 5.92 Å². The Morgan fingerprint density at radius 1 is 1.47 bits per heavy atom. The van der Waals surface area contributed by atoms with Crippen LogP contribution in [0.3, 0.4) is 0 Å². The second-order valence-electron chi connectivity index (χ2n) is 5.20. The van der Waals surface area contributed by atoms with Gasteiger partial charge in [0.15, 0.2) is 0 Å². The summed E-state index contributed by atoms with van der Waals surface area (Å²) in [6, 6.07) is 3.90. The van der Waals surface area contributed by atoms with Gasteiger partial charge in [-0.1, -0.05) is 32.9 Å². The number of rotatable bonds is 5. The smallest absolute Gasteiger partial charge is 0.247 e. The van der Waals surface area contributed by atoms with E-state index >= 15 is 0 Å². The average Bonchev–Trinajstić information content (AvgIpc) is 2.36. The number of nitrogens with zero attached hydrogens (tertiary/aromatic N) is 1. The molecule has 1 N–H and O–H groups in total. The van der Waals surface area contributed by atoms with Gasteiger partial charge in [0.25, 0.3) is 0 Å². The monoisotopic (exact) mass is 260 g/mol. The molecule has 0 aliphatic heterocycles. The van der Waals surface area contributed by atoms with Gasteiger partial charge in [0.05, 0.1) is 11.7 Å². The lowest BCUT2D eigenvalue weighted by molar-refractivity contribution is -0.118. The molecule has 19 heavy (non-hydrogen) atoms. The molecule has 3 nitrogen and oxygen atoms in total. The SMILES string of the molecule is CC/C=C(/C)C(=O)N[C@@H](c1ncccc1C)C(C)C. The zero-order valence-electron chi connectivity index (χ0n) is 12.5. The quantitative estimate of drug-likeness (QED) is 0.822. The molecule has 0 saturated heterocycles. The Kier molecular flexibility index (Phi) is 5.74. The molecule has 1 rings (SSSR count).